The Bertz CT molecular complexity index is 718. The Hall–Kier alpha value is -2.07. The predicted molar refractivity (Wildman–Crippen MR) is 89.4 cm³/mol. The first-order valence-electron chi connectivity index (χ1n) is 6.93. The first kappa shape index (κ1) is 16.3. The van der Waals surface area contributed by atoms with E-state index in [2.05, 4.69) is 12.6 Å². The summed E-state index contributed by atoms with van der Waals surface area (Å²) in [5, 5.41) is 9.66. The van der Waals surface area contributed by atoms with Gasteiger partial charge >= 0.3 is 5.97 Å². The zero-order valence-corrected chi connectivity index (χ0v) is 13.3. The lowest BCUT2D eigenvalue weighted by molar-refractivity contribution is -0.130. The fraction of sp³-hybridized carbons (Fsp3) is 0.167. The lowest BCUT2D eigenvalue weighted by Crippen LogP contribution is -2.07. The summed E-state index contributed by atoms with van der Waals surface area (Å²) in [5.41, 5.74) is 1.97. The van der Waals surface area contributed by atoms with Gasteiger partial charge in [0, 0.05) is 4.90 Å². The maximum absolute atomic E-state index is 13.5. The molecule has 114 valence electrons. The molecule has 22 heavy (non-hydrogen) atoms. The van der Waals surface area contributed by atoms with Gasteiger partial charge in [0.05, 0.1) is 5.57 Å². The highest BCUT2D eigenvalue weighted by atomic mass is 32.1. The molecule has 0 aliphatic heterocycles. The zero-order chi connectivity index (χ0) is 16.3. The van der Waals surface area contributed by atoms with Crippen LogP contribution in [0.5, 0.6) is 0 Å². The summed E-state index contributed by atoms with van der Waals surface area (Å²) in [4.78, 5) is 12.6. The van der Waals surface area contributed by atoms with Gasteiger partial charge in [0.1, 0.15) is 5.82 Å². The number of halogens is 1. The summed E-state index contributed by atoms with van der Waals surface area (Å²) in [6.45, 7) is 3.85. The molecule has 0 saturated carbocycles. The molecule has 2 aromatic rings. The minimum atomic E-state index is -1.07. The van der Waals surface area contributed by atoms with Gasteiger partial charge in [0.25, 0.3) is 0 Å². The Kier molecular flexibility index (Phi) is 5.03. The van der Waals surface area contributed by atoms with Crippen LogP contribution in [0.15, 0.2) is 53.4 Å². The van der Waals surface area contributed by atoms with Crippen molar-refractivity contribution in [3.8, 4) is 0 Å². The maximum atomic E-state index is 13.5. The van der Waals surface area contributed by atoms with E-state index in [4.69, 9.17) is 0 Å². The molecule has 0 saturated heterocycles. The molecule has 0 radical (unpaired) electrons. The number of aliphatic carboxylic acids is 1. The number of carbonyl (C=O) groups is 1. The van der Waals surface area contributed by atoms with Crippen LogP contribution < -0.4 is 0 Å². The van der Waals surface area contributed by atoms with Crippen LogP contribution in [0.25, 0.3) is 11.1 Å². The third-order valence-electron chi connectivity index (χ3n) is 3.35. The molecule has 2 nitrogen and oxygen atoms in total. The molecule has 0 aromatic heterocycles. The second-order valence-corrected chi connectivity index (χ2v) is 5.82. The smallest absolute Gasteiger partial charge is 0.336 e. The van der Waals surface area contributed by atoms with Crippen molar-refractivity contribution in [3.05, 3.63) is 65.5 Å². The average molecular weight is 316 g/mol. The number of rotatable bonds is 4. The van der Waals surface area contributed by atoms with Gasteiger partial charge in [0.2, 0.25) is 0 Å². The third-order valence-corrected chi connectivity index (χ3v) is 3.65. The molecular weight excluding hydrogens is 299 g/mol. The second-order valence-electron chi connectivity index (χ2n) is 5.31. The number of carboxylic acids is 1. The van der Waals surface area contributed by atoms with Crippen LogP contribution in [0, 0.1) is 11.7 Å². The quantitative estimate of drug-likeness (QED) is 0.484. The minimum absolute atomic E-state index is 0.0277. The van der Waals surface area contributed by atoms with Crippen LogP contribution in [0.3, 0.4) is 0 Å². The number of thiol groups is 1. The Morgan fingerprint density at radius 3 is 2.23 bits per heavy atom. The highest BCUT2D eigenvalue weighted by molar-refractivity contribution is 7.80. The van der Waals surface area contributed by atoms with Crippen LogP contribution in [0.1, 0.15) is 25.0 Å². The average Bonchev–Trinajstić information content (AvgIpc) is 2.45. The van der Waals surface area contributed by atoms with Crippen molar-refractivity contribution < 1.29 is 14.3 Å². The minimum Gasteiger partial charge on any atom is -0.478 e. The Morgan fingerprint density at radius 1 is 1.09 bits per heavy atom. The van der Waals surface area contributed by atoms with Gasteiger partial charge in [-0.05, 0) is 46.9 Å². The second kappa shape index (κ2) is 6.79. The number of hydrogen-bond acceptors (Lipinski definition) is 2. The van der Waals surface area contributed by atoms with Gasteiger partial charge in [-0.15, -0.1) is 12.6 Å². The maximum Gasteiger partial charge on any atom is 0.336 e. The van der Waals surface area contributed by atoms with Crippen molar-refractivity contribution in [2.75, 3.05) is 0 Å². The lowest BCUT2D eigenvalue weighted by atomic mass is 9.87. The highest BCUT2D eigenvalue weighted by Crippen LogP contribution is 2.33. The molecule has 0 fully saturated rings. The number of benzene rings is 2. The third kappa shape index (κ3) is 3.57. The zero-order valence-electron chi connectivity index (χ0n) is 12.4. The van der Waals surface area contributed by atoms with E-state index < -0.39 is 11.8 Å². The Labute approximate surface area is 134 Å². The van der Waals surface area contributed by atoms with E-state index in [0.29, 0.717) is 11.1 Å². The van der Waals surface area contributed by atoms with Crippen molar-refractivity contribution >= 4 is 29.7 Å². The SMILES string of the molecule is CC(C)/C(=C(\C(=O)O)c1cccc(F)c1)c1ccc(S)cc1. The predicted octanol–water partition coefficient (Wildman–Crippen LogP) is 4.77. The molecule has 0 aliphatic carbocycles. The van der Waals surface area contributed by atoms with Crippen molar-refractivity contribution in [2.45, 2.75) is 18.7 Å². The molecule has 0 heterocycles. The molecular formula is C18H17FO2S. The molecule has 0 unspecified atom stereocenters. The summed E-state index contributed by atoms with van der Waals surface area (Å²) in [5.74, 6) is -1.55. The van der Waals surface area contributed by atoms with E-state index in [0.717, 1.165) is 10.5 Å². The van der Waals surface area contributed by atoms with Crippen molar-refractivity contribution in [3.63, 3.8) is 0 Å². The summed E-state index contributed by atoms with van der Waals surface area (Å²) < 4.78 is 13.5. The summed E-state index contributed by atoms with van der Waals surface area (Å²) in [6.07, 6.45) is 0. The van der Waals surface area contributed by atoms with Crippen molar-refractivity contribution in [2.24, 2.45) is 5.92 Å². The van der Waals surface area contributed by atoms with Crippen LogP contribution >= 0.6 is 12.6 Å². The normalized spacial score (nSPS) is 12.2. The molecule has 4 heteroatoms. The van der Waals surface area contributed by atoms with Gasteiger partial charge in [-0.25, -0.2) is 9.18 Å². The molecule has 0 spiro atoms. The van der Waals surface area contributed by atoms with E-state index >= 15 is 0 Å². The van der Waals surface area contributed by atoms with Crippen LogP contribution in [-0.4, -0.2) is 11.1 Å². The number of allylic oxidation sites excluding steroid dienone is 1. The summed E-state index contributed by atoms with van der Waals surface area (Å²) in [6, 6.07) is 13.0. The summed E-state index contributed by atoms with van der Waals surface area (Å²) in [7, 11) is 0. The fourth-order valence-electron chi connectivity index (χ4n) is 2.45. The van der Waals surface area contributed by atoms with E-state index in [1.807, 2.05) is 38.1 Å². The number of hydrogen-bond donors (Lipinski definition) is 2. The van der Waals surface area contributed by atoms with Crippen molar-refractivity contribution in [1.29, 1.82) is 0 Å². The molecule has 0 atom stereocenters. The molecule has 1 N–H and O–H groups in total. The standard InChI is InChI=1S/C18H17FO2S/c1-11(2)16(12-6-8-15(22)9-7-12)17(18(20)21)13-4-3-5-14(19)10-13/h3-11,22H,1-2H3,(H,20,21)/b17-16+. The Balaban J connectivity index is 2.73. The fourth-order valence-corrected chi connectivity index (χ4v) is 2.59. The van der Waals surface area contributed by atoms with Gasteiger partial charge in [-0.1, -0.05) is 38.1 Å². The van der Waals surface area contributed by atoms with E-state index in [1.165, 1.54) is 18.2 Å². The van der Waals surface area contributed by atoms with Gasteiger partial charge in [-0.2, -0.15) is 0 Å². The van der Waals surface area contributed by atoms with E-state index in [9.17, 15) is 14.3 Å². The highest BCUT2D eigenvalue weighted by Gasteiger charge is 2.20. The molecule has 2 aromatic carbocycles. The summed E-state index contributed by atoms with van der Waals surface area (Å²) >= 11 is 4.25. The van der Waals surface area contributed by atoms with Crippen LogP contribution in [-0.2, 0) is 4.79 Å². The van der Waals surface area contributed by atoms with Crippen molar-refractivity contribution in [1.82, 2.24) is 0 Å². The topological polar surface area (TPSA) is 37.3 Å². The largest absolute Gasteiger partial charge is 0.478 e. The molecule has 0 amide bonds. The van der Waals surface area contributed by atoms with Gasteiger partial charge in [-0.3, -0.25) is 0 Å². The van der Waals surface area contributed by atoms with Crippen LogP contribution in [0.2, 0.25) is 0 Å². The molecule has 0 bridgehead atoms. The van der Waals surface area contributed by atoms with E-state index in [-0.39, 0.29) is 11.5 Å². The van der Waals surface area contributed by atoms with Gasteiger partial charge < -0.3 is 5.11 Å². The first-order chi connectivity index (χ1) is 10.4. The van der Waals surface area contributed by atoms with Crippen LogP contribution in [0.4, 0.5) is 4.39 Å². The molecule has 2 rings (SSSR count). The number of carboxylic acid groups (broad SMARTS) is 1. The molecule has 0 aliphatic rings. The van der Waals surface area contributed by atoms with E-state index in [1.54, 1.807) is 6.07 Å². The Morgan fingerprint density at radius 2 is 1.73 bits per heavy atom. The monoisotopic (exact) mass is 316 g/mol. The first-order valence-corrected chi connectivity index (χ1v) is 7.37. The lowest BCUT2D eigenvalue weighted by Gasteiger charge is -2.17. The van der Waals surface area contributed by atoms with Gasteiger partial charge in [0.15, 0.2) is 0 Å².